The minimum absolute atomic E-state index is 0.259. The van der Waals surface area contributed by atoms with Crippen molar-refractivity contribution in [1.82, 2.24) is 9.88 Å². The van der Waals surface area contributed by atoms with Crippen molar-refractivity contribution in [3.05, 3.63) is 63.9 Å². The Hall–Kier alpha value is -1.09. The minimum atomic E-state index is 0.259. The van der Waals surface area contributed by atoms with Gasteiger partial charge in [-0.25, -0.2) is 4.98 Å². The van der Waals surface area contributed by atoms with Crippen LogP contribution in [0.5, 0.6) is 0 Å². The predicted octanol–water partition coefficient (Wildman–Crippen LogP) is 4.58. The second-order valence-corrected chi connectivity index (χ2v) is 5.39. The third-order valence-electron chi connectivity index (χ3n) is 3.25. The molecular weight excluding hydrogens is 279 g/mol. The van der Waals surface area contributed by atoms with Gasteiger partial charge in [0.2, 0.25) is 0 Å². The van der Waals surface area contributed by atoms with Crippen molar-refractivity contribution in [2.45, 2.75) is 19.5 Å². The van der Waals surface area contributed by atoms with Gasteiger partial charge < -0.3 is 0 Å². The number of hydrogen-bond acceptors (Lipinski definition) is 2. The number of benzene rings is 1. The first kappa shape index (κ1) is 14.3. The Labute approximate surface area is 124 Å². The van der Waals surface area contributed by atoms with Crippen LogP contribution in [0, 0.1) is 0 Å². The Bertz CT molecular complexity index is 557. The first-order valence-electron chi connectivity index (χ1n) is 6.13. The Morgan fingerprint density at radius 2 is 2.00 bits per heavy atom. The first-order valence-corrected chi connectivity index (χ1v) is 6.88. The number of halogens is 2. The lowest BCUT2D eigenvalue weighted by molar-refractivity contribution is 0.253. The maximum atomic E-state index is 6.09. The lowest BCUT2D eigenvalue weighted by atomic mass is 10.1. The molecule has 19 heavy (non-hydrogen) atoms. The van der Waals surface area contributed by atoms with Gasteiger partial charge >= 0.3 is 0 Å². The fourth-order valence-electron chi connectivity index (χ4n) is 1.96. The largest absolute Gasteiger partial charge is 0.295 e. The highest BCUT2D eigenvalue weighted by Gasteiger charge is 2.13. The van der Waals surface area contributed by atoms with Crippen LogP contribution in [-0.4, -0.2) is 16.9 Å². The molecule has 0 saturated heterocycles. The molecule has 2 aromatic rings. The highest BCUT2D eigenvalue weighted by atomic mass is 35.5. The van der Waals surface area contributed by atoms with E-state index in [0.717, 1.165) is 17.1 Å². The average molecular weight is 295 g/mol. The number of nitrogens with zero attached hydrogens (tertiary/aromatic N) is 2. The molecule has 0 N–H and O–H groups in total. The Morgan fingerprint density at radius 3 is 2.68 bits per heavy atom. The smallest absolute Gasteiger partial charge is 0.133 e. The fourth-order valence-corrected chi connectivity index (χ4v) is 2.34. The molecule has 100 valence electrons. The number of aromatic nitrogens is 1. The van der Waals surface area contributed by atoms with Gasteiger partial charge in [-0.2, -0.15) is 0 Å². The van der Waals surface area contributed by atoms with Crippen molar-refractivity contribution in [1.29, 1.82) is 0 Å². The molecule has 1 atom stereocenters. The molecule has 0 aliphatic carbocycles. The van der Waals surface area contributed by atoms with Crippen LogP contribution in [0.1, 0.15) is 24.1 Å². The molecular formula is C15H16Cl2N2. The van der Waals surface area contributed by atoms with Crippen LogP contribution in [0.15, 0.2) is 42.6 Å². The monoisotopic (exact) mass is 294 g/mol. The third kappa shape index (κ3) is 3.69. The molecule has 1 heterocycles. The zero-order chi connectivity index (χ0) is 13.8. The topological polar surface area (TPSA) is 16.1 Å². The molecule has 1 unspecified atom stereocenters. The highest BCUT2D eigenvalue weighted by Crippen LogP contribution is 2.24. The van der Waals surface area contributed by atoms with E-state index < -0.39 is 0 Å². The van der Waals surface area contributed by atoms with Crippen LogP contribution < -0.4 is 0 Å². The molecule has 0 amide bonds. The summed E-state index contributed by atoms with van der Waals surface area (Å²) in [5, 5.41) is 1.32. The zero-order valence-corrected chi connectivity index (χ0v) is 12.5. The summed E-state index contributed by atoms with van der Waals surface area (Å²) in [7, 11) is 2.06. The maximum Gasteiger partial charge on any atom is 0.133 e. The molecule has 2 nitrogen and oxygen atoms in total. The van der Waals surface area contributed by atoms with Crippen molar-refractivity contribution >= 4 is 23.2 Å². The van der Waals surface area contributed by atoms with Crippen molar-refractivity contribution in [3.63, 3.8) is 0 Å². The Kier molecular flexibility index (Phi) is 4.81. The summed E-state index contributed by atoms with van der Waals surface area (Å²) in [6.45, 7) is 2.90. The van der Waals surface area contributed by atoms with Gasteiger partial charge in [0.05, 0.1) is 0 Å². The Morgan fingerprint density at radius 1 is 1.21 bits per heavy atom. The molecule has 0 radical (unpaired) electrons. The van der Waals surface area contributed by atoms with E-state index in [1.807, 2.05) is 30.3 Å². The second kappa shape index (κ2) is 6.38. The molecule has 1 aromatic heterocycles. The summed E-state index contributed by atoms with van der Waals surface area (Å²) in [4.78, 5) is 6.31. The van der Waals surface area contributed by atoms with Gasteiger partial charge in [0.1, 0.15) is 5.15 Å². The average Bonchev–Trinajstić information content (AvgIpc) is 2.40. The van der Waals surface area contributed by atoms with Gasteiger partial charge in [0, 0.05) is 29.4 Å². The van der Waals surface area contributed by atoms with Crippen LogP contribution in [0.3, 0.4) is 0 Å². The minimum Gasteiger partial charge on any atom is -0.295 e. The van der Waals surface area contributed by atoms with Gasteiger partial charge in [-0.3, -0.25) is 4.90 Å². The molecule has 0 saturated carbocycles. The van der Waals surface area contributed by atoms with E-state index in [2.05, 4.69) is 29.9 Å². The lowest BCUT2D eigenvalue weighted by Gasteiger charge is -2.25. The molecule has 0 fully saturated rings. The van der Waals surface area contributed by atoms with E-state index in [4.69, 9.17) is 23.2 Å². The summed E-state index contributed by atoms with van der Waals surface area (Å²) in [6, 6.07) is 12.1. The van der Waals surface area contributed by atoms with Crippen molar-refractivity contribution < 1.29 is 0 Å². The summed E-state index contributed by atoms with van der Waals surface area (Å²) < 4.78 is 0. The second-order valence-electron chi connectivity index (χ2n) is 4.60. The van der Waals surface area contributed by atoms with Gasteiger partial charge in [0.15, 0.2) is 0 Å². The van der Waals surface area contributed by atoms with Crippen molar-refractivity contribution in [2.75, 3.05) is 7.05 Å². The first-order chi connectivity index (χ1) is 9.08. The van der Waals surface area contributed by atoms with Crippen LogP contribution in [0.25, 0.3) is 0 Å². The SMILES string of the molecule is CC(c1cccc(Cl)c1)N(C)Cc1cccnc1Cl. The summed E-state index contributed by atoms with van der Waals surface area (Å²) >= 11 is 12.1. The van der Waals surface area contributed by atoms with Gasteiger partial charge in [-0.15, -0.1) is 0 Å². The Balaban J connectivity index is 2.12. The standard InChI is InChI=1S/C15H16Cl2N2/c1-11(12-5-3-7-14(16)9-12)19(2)10-13-6-4-8-18-15(13)17/h3-9,11H,10H2,1-2H3. The van der Waals surface area contributed by atoms with Crippen LogP contribution in [0.4, 0.5) is 0 Å². The van der Waals surface area contributed by atoms with Crippen molar-refractivity contribution in [2.24, 2.45) is 0 Å². The van der Waals surface area contributed by atoms with E-state index in [9.17, 15) is 0 Å². The van der Waals surface area contributed by atoms with Gasteiger partial charge in [0.25, 0.3) is 0 Å². The number of pyridine rings is 1. The molecule has 2 rings (SSSR count). The quantitative estimate of drug-likeness (QED) is 0.767. The lowest BCUT2D eigenvalue weighted by Crippen LogP contribution is -2.22. The molecule has 0 bridgehead atoms. The highest BCUT2D eigenvalue weighted by molar-refractivity contribution is 6.30. The van der Waals surface area contributed by atoms with Crippen molar-refractivity contribution in [3.8, 4) is 0 Å². The summed E-state index contributed by atoms with van der Waals surface area (Å²) in [5.74, 6) is 0. The normalized spacial score (nSPS) is 12.7. The van der Waals surface area contributed by atoms with E-state index >= 15 is 0 Å². The third-order valence-corrected chi connectivity index (χ3v) is 3.82. The van der Waals surface area contributed by atoms with Crippen LogP contribution in [-0.2, 0) is 6.54 Å². The van der Waals surface area contributed by atoms with Crippen LogP contribution in [0.2, 0.25) is 10.2 Å². The van der Waals surface area contributed by atoms with Gasteiger partial charge in [-0.05, 0) is 37.7 Å². The molecule has 0 aliphatic heterocycles. The van der Waals surface area contributed by atoms with Crippen LogP contribution >= 0.6 is 23.2 Å². The zero-order valence-electron chi connectivity index (χ0n) is 11.0. The summed E-state index contributed by atoms with van der Waals surface area (Å²) in [5.41, 5.74) is 2.22. The van der Waals surface area contributed by atoms with Gasteiger partial charge in [-0.1, -0.05) is 41.4 Å². The van der Waals surface area contributed by atoms with E-state index in [0.29, 0.717) is 5.15 Å². The predicted molar refractivity (Wildman–Crippen MR) is 80.6 cm³/mol. The summed E-state index contributed by atoms with van der Waals surface area (Å²) in [6.07, 6.45) is 1.70. The number of hydrogen-bond donors (Lipinski definition) is 0. The molecule has 0 aliphatic rings. The maximum absolute atomic E-state index is 6.09. The molecule has 0 spiro atoms. The van der Waals surface area contributed by atoms with E-state index in [-0.39, 0.29) is 6.04 Å². The molecule has 1 aromatic carbocycles. The van der Waals surface area contributed by atoms with E-state index in [1.54, 1.807) is 6.20 Å². The van der Waals surface area contributed by atoms with E-state index in [1.165, 1.54) is 5.56 Å². The fraction of sp³-hybridized carbons (Fsp3) is 0.267. The molecule has 4 heteroatoms. The number of rotatable bonds is 4.